The minimum atomic E-state index is -0.795. The lowest BCUT2D eigenvalue weighted by molar-refractivity contribution is -0.142. The molecule has 0 radical (unpaired) electrons. The molecule has 0 saturated carbocycles. The third kappa shape index (κ3) is 1.70. The summed E-state index contributed by atoms with van der Waals surface area (Å²) in [6, 6.07) is 0. The van der Waals surface area contributed by atoms with Gasteiger partial charge in [-0.1, -0.05) is 0 Å². The van der Waals surface area contributed by atoms with Gasteiger partial charge < -0.3 is 16.6 Å². The van der Waals surface area contributed by atoms with Gasteiger partial charge in [0.05, 0.1) is 11.6 Å². The first-order chi connectivity index (χ1) is 7.08. The van der Waals surface area contributed by atoms with Crippen LogP contribution in [0.15, 0.2) is 0 Å². The van der Waals surface area contributed by atoms with Crippen LogP contribution in [0.25, 0.3) is 0 Å². The maximum atomic E-state index is 10.8. The number of hydrogen-bond donors (Lipinski definition) is 3. The molecule has 80 valence electrons. The normalized spacial score (nSPS) is 19.6. The third-order valence-electron chi connectivity index (χ3n) is 2.67. The second-order valence-corrected chi connectivity index (χ2v) is 3.67. The number of carboxylic acids is 1. The number of hydrogen-bond acceptors (Lipinski definition) is 5. The SMILES string of the molecule is Nc1nc(N)c2c(n1)CC[C@H](C(=O)O)C2. The Labute approximate surface area is 86.3 Å². The van der Waals surface area contributed by atoms with Crippen molar-refractivity contribution in [2.45, 2.75) is 19.3 Å². The first-order valence-electron chi connectivity index (χ1n) is 4.71. The number of nitrogen functional groups attached to an aromatic ring is 2. The largest absolute Gasteiger partial charge is 0.481 e. The maximum Gasteiger partial charge on any atom is 0.306 e. The number of rotatable bonds is 1. The maximum absolute atomic E-state index is 10.8. The van der Waals surface area contributed by atoms with Gasteiger partial charge in [0.2, 0.25) is 5.95 Å². The van der Waals surface area contributed by atoms with E-state index in [1.807, 2.05) is 0 Å². The summed E-state index contributed by atoms with van der Waals surface area (Å²) >= 11 is 0. The van der Waals surface area contributed by atoms with Crippen LogP contribution in [0.2, 0.25) is 0 Å². The summed E-state index contributed by atoms with van der Waals surface area (Å²) in [4.78, 5) is 18.7. The van der Waals surface area contributed by atoms with Crippen molar-refractivity contribution in [3.05, 3.63) is 11.3 Å². The van der Waals surface area contributed by atoms with Gasteiger partial charge in [-0.2, -0.15) is 4.98 Å². The molecule has 0 aliphatic heterocycles. The van der Waals surface area contributed by atoms with Gasteiger partial charge in [0, 0.05) is 5.56 Å². The Morgan fingerprint density at radius 2 is 2.13 bits per heavy atom. The number of carbonyl (C=O) groups is 1. The van der Waals surface area contributed by atoms with E-state index in [4.69, 9.17) is 16.6 Å². The number of aromatic nitrogens is 2. The highest BCUT2D eigenvalue weighted by Gasteiger charge is 2.27. The van der Waals surface area contributed by atoms with Crippen molar-refractivity contribution in [2.24, 2.45) is 5.92 Å². The molecule has 0 amide bonds. The van der Waals surface area contributed by atoms with Crippen LogP contribution in [-0.4, -0.2) is 21.0 Å². The molecule has 0 spiro atoms. The number of carboxylic acid groups (broad SMARTS) is 1. The average Bonchev–Trinajstić information content (AvgIpc) is 2.16. The predicted octanol–water partition coefficient (Wildman–Crippen LogP) is -0.170. The highest BCUT2D eigenvalue weighted by Crippen LogP contribution is 2.27. The molecule has 6 nitrogen and oxygen atoms in total. The van der Waals surface area contributed by atoms with E-state index in [1.54, 1.807) is 0 Å². The molecule has 1 aliphatic carbocycles. The first kappa shape index (κ1) is 9.70. The zero-order chi connectivity index (χ0) is 11.0. The molecule has 0 fully saturated rings. The predicted molar refractivity (Wildman–Crippen MR) is 54.0 cm³/mol. The summed E-state index contributed by atoms with van der Waals surface area (Å²) in [7, 11) is 0. The van der Waals surface area contributed by atoms with Gasteiger partial charge in [0.15, 0.2) is 0 Å². The fraction of sp³-hybridized carbons (Fsp3) is 0.444. The molecule has 1 aromatic heterocycles. The summed E-state index contributed by atoms with van der Waals surface area (Å²) in [6.45, 7) is 0. The summed E-state index contributed by atoms with van der Waals surface area (Å²) in [5, 5.41) is 8.90. The molecule has 6 heteroatoms. The summed E-state index contributed by atoms with van der Waals surface area (Å²) in [5.74, 6) is -0.715. The Hall–Kier alpha value is -1.85. The molecule has 0 aromatic carbocycles. The molecule has 1 atom stereocenters. The lowest BCUT2D eigenvalue weighted by Crippen LogP contribution is -2.24. The lowest BCUT2D eigenvalue weighted by Gasteiger charge is -2.21. The van der Waals surface area contributed by atoms with Crippen molar-refractivity contribution in [1.29, 1.82) is 0 Å². The van der Waals surface area contributed by atoms with Crippen LogP contribution in [-0.2, 0) is 17.6 Å². The van der Waals surface area contributed by atoms with E-state index in [1.165, 1.54) is 0 Å². The van der Waals surface area contributed by atoms with Gasteiger partial charge in [-0.25, -0.2) is 4.98 Å². The summed E-state index contributed by atoms with van der Waals surface area (Å²) < 4.78 is 0. The van der Waals surface area contributed by atoms with Crippen LogP contribution >= 0.6 is 0 Å². The number of fused-ring (bicyclic) bond motifs is 1. The Balaban J connectivity index is 2.37. The second-order valence-electron chi connectivity index (χ2n) is 3.67. The fourth-order valence-electron chi connectivity index (χ4n) is 1.87. The number of anilines is 2. The van der Waals surface area contributed by atoms with E-state index >= 15 is 0 Å². The fourth-order valence-corrected chi connectivity index (χ4v) is 1.87. The van der Waals surface area contributed by atoms with E-state index < -0.39 is 5.97 Å². The van der Waals surface area contributed by atoms with Crippen molar-refractivity contribution >= 4 is 17.7 Å². The van der Waals surface area contributed by atoms with Crippen LogP contribution in [0, 0.1) is 5.92 Å². The van der Waals surface area contributed by atoms with Crippen LogP contribution in [0.3, 0.4) is 0 Å². The quantitative estimate of drug-likeness (QED) is 0.590. The number of aliphatic carboxylic acids is 1. The molecule has 2 rings (SSSR count). The summed E-state index contributed by atoms with van der Waals surface area (Å²) in [5.41, 5.74) is 12.7. The Morgan fingerprint density at radius 1 is 1.40 bits per heavy atom. The van der Waals surface area contributed by atoms with Crippen molar-refractivity contribution in [3.63, 3.8) is 0 Å². The lowest BCUT2D eigenvalue weighted by atomic mass is 9.87. The van der Waals surface area contributed by atoms with Gasteiger partial charge in [-0.05, 0) is 19.3 Å². The molecule has 0 unspecified atom stereocenters. The Morgan fingerprint density at radius 3 is 2.80 bits per heavy atom. The van der Waals surface area contributed by atoms with Crippen LogP contribution in [0.1, 0.15) is 17.7 Å². The molecule has 0 saturated heterocycles. The van der Waals surface area contributed by atoms with Crippen LogP contribution in [0.5, 0.6) is 0 Å². The van der Waals surface area contributed by atoms with E-state index in [0.717, 1.165) is 11.3 Å². The molecule has 0 bridgehead atoms. The van der Waals surface area contributed by atoms with E-state index in [0.29, 0.717) is 25.1 Å². The molecule has 1 aromatic rings. The zero-order valence-electron chi connectivity index (χ0n) is 8.10. The van der Waals surface area contributed by atoms with E-state index in [2.05, 4.69) is 9.97 Å². The van der Waals surface area contributed by atoms with Gasteiger partial charge in [-0.3, -0.25) is 4.79 Å². The van der Waals surface area contributed by atoms with Crippen LogP contribution in [0.4, 0.5) is 11.8 Å². The standard InChI is InChI=1S/C9H12N4O2/c10-7-5-3-4(8(14)15)1-2-6(5)12-9(11)13-7/h4H,1-3H2,(H,14,15)(H4,10,11,12,13)/t4-/m0/s1. The summed E-state index contributed by atoms with van der Waals surface area (Å²) in [6.07, 6.45) is 1.58. The van der Waals surface area contributed by atoms with Gasteiger partial charge in [0.1, 0.15) is 5.82 Å². The minimum Gasteiger partial charge on any atom is -0.481 e. The van der Waals surface area contributed by atoms with Crippen molar-refractivity contribution < 1.29 is 9.90 Å². The number of nitrogens with two attached hydrogens (primary N) is 2. The minimum absolute atomic E-state index is 0.153. The smallest absolute Gasteiger partial charge is 0.306 e. The molecule has 5 N–H and O–H groups in total. The van der Waals surface area contributed by atoms with Gasteiger partial charge in [-0.15, -0.1) is 0 Å². The monoisotopic (exact) mass is 208 g/mol. The Kier molecular flexibility index (Phi) is 2.18. The van der Waals surface area contributed by atoms with Crippen LogP contribution < -0.4 is 11.5 Å². The molecule has 1 aliphatic rings. The number of nitrogens with zero attached hydrogens (tertiary/aromatic N) is 2. The average molecular weight is 208 g/mol. The van der Waals surface area contributed by atoms with Crippen molar-refractivity contribution in [1.82, 2.24) is 9.97 Å². The van der Waals surface area contributed by atoms with E-state index in [-0.39, 0.29) is 11.9 Å². The molecular weight excluding hydrogens is 196 g/mol. The highest BCUT2D eigenvalue weighted by atomic mass is 16.4. The first-order valence-corrected chi connectivity index (χ1v) is 4.71. The third-order valence-corrected chi connectivity index (χ3v) is 2.67. The topological polar surface area (TPSA) is 115 Å². The molecule has 1 heterocycles. The van der Waals surface area contributed by atoms with Gasteiger partial charge >= 0.3 is 5.97 Å². The molecular formula is C9H12N4O2. The zero-order valence-corrected chi connectivity index (χ0v) is 8.10. The number of aryl methyl sites for hydroxylation is 1. The van der Waals surface area contributed by atoms with E-state index in [9.17, 15) is 4.79 Å². The van der Waals surface area contributed by atoms with Gasteiger partial charge in [0.25, 0.3) is 0 Å². The van der Waals surface area contributed by atoms with Crippen molar-refractivity contribution in [2.75, 3.05) is 11.5 Å². The highest BCUT2D eigenvalue weighted by molar-refractivity contribution is 5.71. The Bertz CT molecular complexity index is 419. The van der Waals surface area contributed by atoms with Crippen molar-refractivity contribution in [3.8, 4) is 0 Å². The molecule has 15 heavy (non-hydrogen) atoms. The second kappa shape index (κ2) is 3.38.